The lowest BCUT2D eigenvalue weighted by Gasteiger charge is -2.30. The fourth-order valence-corrected chi connectivity index (χ4v) is 2.69. The average molecular weight is 283 g/mol. The Hall–Kier alpha value is -1.26. The van der Waals surface area contributed by atoms with Gasteiger partial charge in [0.15, 0.2) is 0 Å². The van der Waals surface area contributed by atoms with Crippen LogP contribution >= 0.6 is 11.6 Å². The Kier molecular flexibility index (Phi) is 5.05. The smallest absolute Gasteiger partial charge is 0.319 e. The predicted octanol–water partition coefficient (Wildman–Crippen LogP) is 3.01. The Morgan fingerprint density at radius 2 is 2.05 bits per heavy atom. The normalized spacial score (nSPS) is 22.8. The van der Waals surface area contributed by atoms with Gasteiger partial charge in [0, 0.05) is 18.6 Å². The number of hydrogen-bond acceptors (Lipinski definition) is 2. The van der Waals surface area contributed by atoms with Crippen LogP contribution in [0.4, 0.5) is 10.5 Å². The van der Waals surface area contributed by atoms with E-state index in [1.807, 2.05) is 12.1 Å². The number of nitrogens with one attached hydrogen (secondary N) is 2. The van der Waals surface area contributed by atoms with Gasteiger partial charge in [0.05, 0.1) is 10.7 Å². The van der Waals surface area contributed by atoms with Gasteiger partial charge in [-0.25, -0.2) is 4.79 Å². The van der Waals surface area contributed by atoms with E-state index in [2.05, 4.69) is 10.6 Å². The van der Waals surface area contributed by atoms with Crippen molar-refractivity contribution in [3.05, 3.63) is 29.3 Å². The van der Waals surface area contributed by atoms with Gasteiger partial charge >= 0.3 is 6.03 Å². The van der Waals surface area contributed by atoms with Gasteiger partial charge in [0.2, 0.25) is 0 Å². The minimum atomic E-state index is -0.265. The van der Waals surface area contributed by atoms with E-state index in [9.17, 15) is 9.90 Å². The number of amides is 2. The van der Waals surface area contributed by atoms with E-state index in [1.54, 1.807) is 12.1 Å². The van der Waals surface area contributed by atoms with Gasteiger partial charge in [0.1, 0.15) is 0 Å². The van der Waals surface area contributed by atoms with E-state index in [1.165, 1.54) is 0 Å². The monoisotopic (exact) mass is 282 g/mol. The number of carbonyl (C=O) groups excluding carboxylic acids is 1. The second kappa shape index (κ2) is 6.78. The number of aliphatic hydroxyl groups excluding tert-OH is 1. The van der Waals surface area contributed by atoms with E-state index in [4.69, 9.17) is 11.6 Å². The maximum Gasteiger partial charge on any atom is 0.319 e. The third-order valence-corrected chi connectivity index (χ3v) is 3.91. The fourth-order valence-electron chi connectivity index (χ4n) is 2.51. The Morgan fingerprint density at radius 1 is 1.32 bits per heavy atom. The van der Waals surface area contributed by atoms with Crippen LogP contribution in [0.3, 0.4) is 0 Å². The van der Waals surface area contributed by atoms with Crippen LogP contribution in [-0.4, -0.2) is 23.8 Å². The molecule has 0 aromatic heterocycles. The summed E-state index contributed by atoms with van der Waals surface area (Å²) in [5, 5.41) is 15.5. The van der Waals surface area contributed by atoms with Gasteiger partial charge in [-0.3, -0.25) is 0 Å². The molecule has 1 fully saturated rings. The van der Waals surface area contributed by atoms with Crippen LogP contribution in [0.25, 0.3) is 0 Å². The van der Waals surface area contributed by atoms with Crippen molar-refractivity contribution in [2.24, 2.45) is 5.92 Å². The van der Waals surface area contributed by atoms with Crippen molar-refractivity contribution in [3.8, 4) is 0 Å². The number of hydrogen-bond donors (Lipinski definition) is 3. The third-order valence-electron chi connectivity index (χ3n) is 3.58. The zero-order valence-corrected chi connectivity index (χ0v) is 11.5. The molecule has 3 N–H and O–H groups in total. The molecule has 0 radical (unpaired) electrons. The second-order valence-corrected chi connectivity index (χ2v) is 5.32. The molecule has 4 nitrogen and oxygen atoms in total. The first-order valence-electron chi connectivity index (χ1n) is 6.63. The average Bonchev–Trinajstić information content (AvgIpc) is 2.42. The molecule has 1 aromatic rings. The fraction of sp³-hybridized carbons (Fsp3) is 0.500. The molecule has 1 saturated carbocycles. The molecule has 2 amide bonds. The van der Waals surface area contributed by atoms with Crippen molar-refractivity contribution in [2.45, 2.75) is 31.7 Å². The number of anilines is 1. The van der Waals surface area contributed by atoms with Gasteiger partial charge in [-0.2, -0.15) is 0 Å². The first-order chi connectivity index (χ1) is 9.20. The van der Waals surface area contributed by atoms with Crippen LogP contribution in [0.15, 0.2) is 24.3 Å². The summed E-state index contributed by atoms with van der Waals surface area (Å²) in [6.07, 6.45) is 4.10. The molecule has 1 aromatic carbocycles. The van der Waals surface area contributed by atoms with Gasteiger partial charge < -0.3 is 15.7 Å². The number of urea groups is 1. The highest BCUT2D eigenvalue weighted by atomic mass is 35.5. The van der Waals surface area contributed by atoms with Crippen molar-refractivity contribution in [1.82, 2.24) is 5.32 Å². The van der Waals surface area contributed by atoms with Crippen LogP contribution in [0, 0.1) is 5.92 Å². The lowest BCUT2D eigenvalue weighted by Crippen LogP contribution is -2.45. The second-order valence-electron chi connectivity index (χ2n) is 4.91. The van der Waals surface area contributed by atoms with E-state index in [0.29, 0.717) is 10.7 Å². The maximum atomic E-state index is 11.9. The first kappa shape index (κ1) is 14.2. The van der Waals surface area contributed by atoms with Crippen LogP contribution in [0.1, 0.15) is 25.7 Å². The number of rotatable bonds is 3. The number of para-hydroxylation sites is 1. The van der Waals surface area contributed by atoms with E-state index in [-0.39, 0.29) is 24.6 Å². The summed E-state index contributed by atoms with van der Waals surface area (Å²) in [7, 11) is 0. The lowest BCUT2D eigenvalue weighted by atomic mass is 9.85. The van der Waals surface area contributed by atoms with Crippen molar-refractivity contribution in [1.29, 1.82) is 0 Å². The molecule has 0 saturated heterocycles. The predicted molar refractivity (Wildman–Crippen MR) is 76.4 cm³/mol. The number of halogens is 1. The zero-order chi connectivity index (χ0) is 13.7. The Labute approximate surface area is 118 Å². The molecule has 19 heavy (non-hydrogen) atoms. The number of aliphatic hydroxyl groups is 1. The van der Waals surface area contributed by atoms with Crippen molar-refractivity contribution in [3.63, 3.8) is 0 Å². The van der Waals surface area contributed by atoms with Crippen LogP contribution in [0.2, 0.25) is 5.02 Å². The highest BCUT2D eigenvalue weighted by Crippen LogP contribution is 2.24. The highest BCUT2D eigenvalue weighted by molar-refractivity contribution is 6.33. The van der Waals surface area contributed by atoms with Crippen LogP contribution < -0.4 is 10.6 Å². The van der Waals surface area contributed by atoms with Crippen LogP contribution in [-0.2, 0) is 0 Å². The molecule has 0 spiro atoms. The first-order valence-corrected chi connectivity index (χ1v) is 7.01. The van der Waals surface area contributed by atoms with Gasteiger partial charge in [0.25, 0.3) is 0 Å². The third kappa shape index (κ3) is 3.85. The van der Waals surface area contributed by atoms with Gasteiger partial charge in [-0.1, -0.05) is 36.6 Å². The topological polar surface area (TPSA) is 61.4 Å². The van der Waals surface area contributed by atoms with Gasteiger partial charge in [-0.15, -0.1) is 0 Å². The van der Waals surface area contributed by atoms with Crippen LogP contribution in [0.5, 0.6) is 0 Å². The Balaban J connectivity index is 1.92. The van der Waals surface area contributed by atoms with Crippen molar-refractivity contribution in [2.75, 3.05) is 11.9 Å². The lowest BCUT2D eigenvalue weighted by molar-refractivity contribution is 0.156. The molecule has 5 heteroatoms. The number of benzene rings is 1. The largest absolute Gasteiger partial charge is 0.396 e. The zero-order valence-electron chi connectivity index (χ0n) is 10.7. The molecule has 0 bridgehead atoms. The molecular formula is C14H19ClN2O2. The number of carbonyl (C=O) groups is 1. The highest BCUT2D eigenvalue weighted by Gasteiger charge is 2.25. The minimum Gasteiger partial charge on any atom is -0.396 e. The van der Waals surface area contributed by atoms with E-state index >= 15 is 0 Å². The van der Waals surface area contributed by atoms with E-state index in [0.717, 1.165) is 25.7 Å². The summed E-state index contributed by atoms with van der Waals surface area (Å²) in [5.74, 6) is 0.158. The molecule has 2 atom stereocenters. The molecule has 104 valence electrons. The van der Waals surface area contributed by atoms with Crippen molar-refractivity contribution < 1.29 is 9.90 Å². The minimum absolute atomic E-state index is 0.0428. The van der Waals surface area contributed by atoms with E-state index < -0.39 is 0 Å². The quantitative estimate of drug-likeness (QED) is 0.798. The summed E-state index contributed by atoms with van der Waals surface area (Å²) in [6, 6.07) is 6.90. The molecule has 2 rings (SSSR count). The molecule has 1 aliphatic carbocycles. The summed E-state index contributed by atoms with van der Waals surface area (Å²) >= 11 is 5.98. The Morgan fingerprint density at radius 3 is 2.79 bits per heavy atom. The van der Waals surface area contributed by atoms with Crippen molar-refractivity contribution >= 4 is 23.3 Å². The van der Waals surface area contributed by atoms with Gasteiger partial charge in [-0.05, 0) is 25.0 Å². The summed E-state index contributed by atoms with van der Waals surface area (Å²) in [5.41, 5.74) is 0.595. The molecule has 0 aliphatic heterocycles. The molecule has 0 heterocycles. The summed E-state index contributed by atoms with van der Waals surface area (Å²) in [6.45, 7) is 0.122. The summed E-state index contributed by atoms with van der Waals surface area (Å²) < 4.78 is 0. The summed E-state index contributed by atoms with van der Waals surface area (Å²) in [4.78, 5) is 11.9. The molecule has 1 aliphatic rings. The SMILES string of the molecule is O=C(Nc1ccccc1Cl)NC1CCCCC1CO. The maximum absolute atomic E-state index is 11.9. The molecular weight excluding hydrogens is 264 g/mol. The Bertz CT molecular complexity index is 439. The standard InChI is InChI=1S/C14H19ClN2O2/c15-11-6-2-4-8-13(11)17-14(19)16-12-7-3-1-5-10(12)9-18/h2,4,6,8,10,12,18H,1,3,5,7,9H2,(H2,16,17,19). The molecule has 2 unspecified atom stereocenters.